The number of halogens is 1. The van der Waals surface area contributed by atoms with Gasteiger partial charge < -0.3 is 11.1 Å². The SMILES string of the molecule is CC1CCC(CN)CN1CC(=O)Nc1cccc(Br)c1. The van der Waals surface area contributed by atoms with Gasteiger partial charge in [-0.25, -0.2) is 0 Å². The summed E-state index contributed by atoms with van der Waals surface area (Å²) in [6.45, 7) is 4.24. The van der Waals surface area contributed by atoms with Crippen molar-refractivity contribution >= 4 is 27.5 Å². The zero-order chi connectivity index (χ0) is 14.5. The lowest BCUT2D eigenvalue weighted by Crippen LogP contribution is -2.47. The number of carbonyl (C=O) groups is 1. The molecule has 5 heteroatoms. The van der Waals surface area contributed by atoms with E-state index >= 15 is 0 Å². The van der Waals surface area contributed by atoms with Crippen LogP contribution in [0.3, 0.4) is 0 Å². The van der Waals surface area contributed by atoms with Gasteiger partial charge in [0.2, 0.25) is 5.91 Å². The highest BCUT2D eigenvalue weighted by Crippen LogP contribution is 2.21. The Morgan fingerprint density at radius 3 is 3.00 bits per heavy atom. The second kappa shape index (κ2) is 7.20. The molecule has 2 rings (SSSR count). The Balaban J connectivity index is 1.90. The van der Waals surface area contributed by atoms with Crippen molar-refractivity contribution in [2.45, 2.75) is 25.8 Å². The second-order valence-electron chi connectivity index (χ2n) is 5.52. The molecule has 0 aromatic heterocycles. The maximum Gasteiger partial charge on any atom is 0.238 e. The lowest BCUT2D eigenvalue weighted by Gasteiger charge is -2.37. The minimum absolute atomic E-state index is 0.0348. The standard InChI is InChI=1S/C15H22BrN3O/c1-11-5-6-12(8-17)9-19(11)10-15(20)18-14-4-2-3-13(16)7-14/h2-4,7,11-12H,5-6,8-10,17H2,1H3,(H,18,20). The summed E-state index contributed by atoms with van der Waals surface area (Å²) in [6.07, 6.45) is 2.29. The van der Waals surface area contributed by atoms with Gasteiger partial charge in [0.05, 0.1) is 6.54 Å². The first-order valence-electron chi connectivity index (χ1n) is 7.08. The molecule has 1 amide bonds. The molecule has 0 saturated carbocycles. The summed E-state index contributed by atoms with van der Waals surface area (Å²) in [6, 6.07) is 8.10. The van der Waals surface area contributed by atoms with E-state index in [0.29, 0.717) is 25.0 Å². The molecule has 0 aliphatic carbocycles. The molecule has 1 aromatic rings. The molecule has 110 valence electrons. The third-order valence-electron chi connectivity index (χ3n) is 3.90. The summed E-state index contributed by atoms with van der Waals surface area (Å²) in [5, 5.41) is 2.94. The Bertz CT molecular complexity index is 466. The van der Waals surface area contributed by atoms with Crippen LogP contribution < -0.4 is 11.1 Å². The molecule has 1 aliphatic rings. The Kier molecular flexibility index (Phi) is 5.57. The average Bonchev–Trinajstić information content (AvgIpc) is 2.41. The predicted molar refractivity (Wildman–Crippen MR) is 85.6 cm³/mol. The van der Waals surface area contributed by atoms with Crippen LogP contribution in [-0.4, -0.2) is 36.5 Å². The predicted octanol–water partition coefficient (Wildman–Crippen LogP) is 2.45. The van der Waals surface area contributed by atoms with Gasteiger partial charge in [-0.1, -0.05) is 22.0 Å². The molecule has 1 heterocycles. The summed E-state index contributed by atoms with van der Waals surface area (Å²) in [5.41, 5.74) is 6.57. The number of anilines is 1. The smallest absolute Gasteiger partial charge is 0.238 e. The Morgan fingerprint density at radius 2 is 2.30 bits per heavy atom. The van der Waals surface area contributed by atoms with Gasteiger partial charge in [-0.05, 0) is 50.4 Å². The van der Waals surface area contributed by atoms with Crippen molar-refractivity contribution in [3.8, 4) is 0 Å². The zero-order valence-electron chi connectivity index (χ0n) is 11.8. The number of benzene rings is 1. The van der Waals surface area contributed by atoms with Crippen LogP contribution in [0.2, 0.25) is 0 Å². The van der Waals surface area contributed by atoms with Crippen LogP contribution in [0.4, 0.5) is 5.69 Å². The number of nitrogens with two attached hydrogens (primary N) is 1. The van der Waals surface area contributed by atoms with Crippen LogP contribution in [-0.2, 0) is 4.79 Å². The number of hydrogen-bond acceptors (Lipinski definition) is 3. The van der Waals surface area contributed by atoms with Gasteiger partial charge in [0.15, 0.2) is 0 Å². The quantitative estimate of drug-likeness (QED) is 0.885. The van der Waals surface area contributed by atoms with E-state index in [1.807, 2.05) is 24.3 Å². The average molecular weight is 340 g/mol. The summed E-state index contributed by atoms with van der Waals surface area (Å²) in [5.74, 6) is 0.553. The number of rotatable bonds is 4. The lowest BCUT2D eigenvalue weighted by atomic mass is 9.93. The molecule has 1 fully saturated rings. The fourth-order valence-corrected chi connectivity index (χ4v) is 3.03. The Hall–Kier alpha value is -0.910. The molecule has 4 nitrogen and oxygen atoms in total. The monoisotopic (exact) mass is 339 g/mol. The molecule has 2 atom stereocenters. The molecule has 3 N–H and O–H groups in total. The van der Waals surface area contributed by atoms with E-state index < -0.39 is 0 Å². The molecule has 1 saturated heterocycles. The topological polar surface area (TPSA) is 58.4 Å². The molecule has 0 bridgehead atoms. The Labute approximate surface area is 128 Å². The highest BCUT2D eigenvalue weighted by atomic mass is 79.9. The van der Waals surface area contributed by atoms with E-state index in [2.05, 4.69) is 33.1 Å². The van der Waals surface area contributed by atoms with Gasteiger partial charge in [-0.3, -0.25) is 9.69 Å². The molecule has 1 aromatic carbocycles. The second-order valence-corrected chi connectivity index (χ2v) is 6.43. The fourth-order valence-electron chi connectivity index (χ4n) is 2.63. The number of nitrogens with one attached hydrogen (secondary N) is 1. The molecular formula is C15H22BrN3O. The third-order valence-corrected chi connectivity index (χ3v) is 4.39. The van der Waals surface area contributed by atoms with Gasteiger partial charge in [0.25, 0.3) is 0 Å². The fraction of sp³-hybridized carbons (Fsp3) is 0.533. The lowest BCUT2D eigenvalue weighted by molar-refractivity contribution is -0.118. The van der Waals surface area contributed by atoms with Crippen molar-refractivity contribution in [3.05, 3.63) is 28.7 Å². The van der Waals surface area contributed by atoms with Crippen LogP contribution in [0.5, 0.6) is 0 Å². The van der Waals surface area contributed by atoms with Crippen LogP contribution >= 0.6 is 15.9 Å². The van der Waals surface area contributed by atoms with Crippen molar-refractivity contribution in [2.75, 3.05) is 25.0 Å². The highest BCUT2D eigenvalue weighted by Gasteiger charge is 2.25. The van der Waals surface area contributed by atoms with Crippen molar-refractivity contribution in [3.63, 3.8) is 0 Å². The number of likely N-dealkylation sites (tertiary alicyclic amines) is 1. The maximum atomic E-state index is 12.1. The van der Waals surface area contributed by atoms with Crippen molar-refractivity contribution in [1.29, 1.82) is 0 Å². The zero-order valence-corrected chi connectivity index (χ0v) is 13.4. The summed E-state index contributed by atoms with van der Waals surface area (Å²) in [7, 11) is 0. The first-order valence-corrected chi connectivity index (χ1v) is 7.87. The van der Waals surface area contributed by atoms with E-state index in [1.54, 1.807) is 0 Å². The maximum absolute atomic E-state index is 12.1. The van der Waals surface area contributed by atoms with E-state index in [0.717, 1.165) is 23.1 Å². The minimum Gasteiger partial charge on any atom is -0.330 e. The van der Waals surface area contributed by atoms with Gasteiger partial charge in [0.1, 0.15) is 0 Å². The summed E-state index contributed by atoms with van der Waals surface area (Å²) >= 11 is 3.40. The van der Waals surface area contributed by atoms with E-state index in [9.17, 15) is 4.79 Å². The van der Waals surface area contributed by atoms with Crippen LogP contribution in [0.15, 0.2) is 28.7 Å². The minimum atomic E-state index is 0.0348. The van der Waals surface area contributed by atoms with Crippen LogP contribution in [0, 0.1) is 5.92 Å². The third kappa shape index (κ3) is 4.30. The normalized spacial score (nSPS) is 23.6. The number of amides is 1. The van der Waals surface area contributed by atoms with Gasteiger partial charge >= 0.3 is 0 Å². The van der Waals surface area contributed by atoms with Gasteiger partial charge in [-0.2, -0.15) is 0 Å². The summed E-state index contributed by atoms with van der Waals surface area (Å²) in [4.78, 5) is 14.4. The van der Waals surface area contributed by atoms with E-state index in [4.69, 9.17) is 5.73 Å². The largest absolute Gasteiger partial charge is 0.330 e. The van der Waals surface area contributed by atoms with Crippen molar-refractivity contribution in [2.24, 2.45) is 11.7 Å². The molecule has 1 aliphatic heterocycles. The van der Waals surface area contributed by atoms with Crippen LogP contribution in [0.25, 0.3) is 0 Å². The first kappa shape index (κ1) is 15.5. The van der Waals surface area contributed by atoms with Crippen molar-refractivity contribution in [1.82, 2.24) is 4.90 Å². The van der Waals surface area contributed by atoms with Gasteiger partial charge in [-0.15, -0.1) is 0 Å². The van der Waals surface area contributed by atoms with Crippen molar-refractivity contribution < 1.29 is 4.79 Å². The van der Waals surface area contributed by atoms with Crippen LogP contribution in [0.1, 0.15) is 19.8 Å². The highest BCUT2D eigenvalue weighted by molar-refractivity contribution is 9.10. The molecular weight excluding hydrogens is 318 g/mol. The number of nitrogens with zero attached hydrogens (tertiary/aromatic N) is 1. The summed E-state index contributed by atoms with van der Waals surface area (Å²) < 4.78 is 0.963. The molecule has 20 heavy (non-hydrogen) atoms. The molecule has 2 unspecified atom stereocenters. The number of carbonyl (C=O) groups excluding carboxylic acids is 1. The first-order chi connectivity index (χ1) is 9.58. The Morgan fingerprint density at radius 1 is 1.50 bits per heavy atom. The van der Waals surface area contributed by atoms with E-state index in [1.165, 1.54) is 6.42 Å². The number of piperidine rings is 1. The van der Waals surface area contributed by atoms with E-state index in [-0.39, 0.29) is 5.91 Å². The van der Waals surface area contributed by atoms with Gasteiger partial charge in [0, 0.05) is 22.7 Å². The molecule has 0 spiro atoms. The molecule has 0 radical (unpaired) electrons. The number of hydrogen-bond donors (Lipinski definition) is 2.